The molecule has 1 N–H and O–H groups in total. The van der Waals surface area contributed by atoms with Crippen molar-refractivity contribution in [3.8, 4) is 0 Å². The van der Waals surface area contributed by atoms with Gasteiger partial charge in [0.2, 0.25) is 0 Å². The van der Waals surface area contributed by atoms with Crippen molar-refractivity contribution in [2.75, 3.05) is 0 Å². The van der Waals surface area contributed by atoms with E-state index in [-0.39, 0.29) is 0 Å². The van der Waals surface area contributed by atoms with Crippen LogP contribution in [0.15, 0.2) is 36.0 Å². The molecule has 0 spiro atoms. The van der Waals surface area contributed by atoms with Crippen LogP contribution in [-0.4, -0.2) is 10.1 Å². The van der Waals surface area contributed by atoms with Gasteiger partial charge in [-0.1, -0.05) is 38.1 Å². The van der Waals surface area contributed by atoms with Gasteiger partial charge in [0.1, 0.15) is 0 Å². The Labute approximate surface area is 106 Å². The lowest BCUT2D eigenvalue weighted by Gasteiger charge is -2.11. The first kappa shape index (κ1) is 12.3. The van der Waals surface area contributed by atoms with E-state index in [9.17, 15) is 5.11 Å². The summed E-state index contributed by atoms with van der Waals surface area (Å²) in [7, 11) is 0. The van der Waals surface area contributed by atoms with Crippen LogP contribution in [-0.2, 0) is 6.42 Å². The van der Waals surface area contributed by atoms with Crippen LogP contribution >= 0.6 is 11.3 Å². The Morgan fingerprint density at radius 1 is 1.18 bits per heavy atom. The highest BCUT2D eigenvalue weighted by molar-refractivity contribution is 7.09. The molecule has 0 aliphatic rings. The van der Waals surface area contributed by atoms with Crippen LogP contribution in [0.2, 0.25) is 0 Å². The zero-order valence-electron chi connectivity index (χ0n) is 10.1. The summed E-state index contributed by atoms with van der Waals surface area (Å²) in [5.41, 5.74) is 4.07. The molecule has 0 amide bonds. The van der Waals surface area contributed by atoms with Gasteiger partial charge in [0.15, 0.2) is 0 Å². The predicted molar refractivity (Wildman–Crippen MR) is 71.3 cm³/mol. The van der Waals surface area contributed by atoms with Crippen molar-refractivity contribution in [1.82, 2.24) is 4.98 Å². The molecule has 1 atom stereocenters. The van der Waals surface area contributed by atoms with Crippen molar-refractivity contribution in [2.45, 2.75) is 32.3 Å². The number of thiazole rings is 1. The molecule has 0 saturated carbocycles. The summed E-state index contributed by atoms with van der Waals surface area (Å²) in [4.78, 5) is 5.13. The van der Waals surface area contributed by atoms with Gasteiger partial charge >= 0.3 is 0 Å². The number of hydrogen-bond acceptors (Lipinski definition) is 3. The Balaban J connectivity index is 2.06. The monoisotopic (exact) mass is 247 g/mol. The highest BCUT2D eigenvalue weighted by atomic mass is 32.1. The molecular formula is C14H17NOS. The molecule has 2 rings (SSSR count). The van der Waals surface area contributed by atoms with Crippen LogP contribution in [0.3, 0.4) is 0 Å². The maximum atomic E-state index is 10.1. The maximum absolute atomic E-state index is 10.1. The molecule has 17 heavy (non-hydrogen) atoms. The topological polar surface area (TPSA) is 33.1 Å². The quantitative estimate of drug-likeness (QED) is 0.896. The molecule has 2 aromatic rings. The third-order valence-corrected chi connectivity index (χ3v) is 3.67. The number of aromatic nitrogens is 1. The van der Waals surface area contributed by atoms with E-state index < -0.39 is 6.10 Å². The van der Waals surface area contributed by atoms with Crippen molar-refractivity contribution in [3.63, 3.8) is 0 Å². The molecule has 0 aliphatic carbocycles. The van der Waals surface area contributed by atoms with Crippen LogP contribution in [0.4, 0.5) is 0 Å². The third kappa shape index (κ3) is 3.14. The minimum Gasteiger partial charge on any atom is -0.388 e. The first-order valence-electron chi connectivity index (χ1n) is 5.82. The predicted octanol–water partition coefficient (Wildman–Crippen LogP) is 3.54. The highest BCUT2D eigenvalue weighted by Gasteiger charge is 2.10. The molecule has 0 radical (unpaired) electrons. The average molecular weight is 247 g/mol. The van der Waals surface area contributed by atoms with Gasteiger partial charge in [-0.25, -0.2) is 0 Å². The van der Waals surface area contributed by atoms with Crippen molar-refractivity contribution in [3.05, 3.63) is 52.0 Å². The smallest absolute Gasteiger partial charge is 0.0838 e. The lowest BCUT2D eigenvalue weighted by atomic mass is 9.99. The Kier molecular flexibility index (Phi) is 3.92. The van der Waals surface area contributed by atoms with Gasteiger partial charge in [0.05, 0.1) is 11.6 Å². The van der Waals surface area contributed by atoms with Crippen molar-refractivity contribution >= 4 is 11.3 Å². The fraction of sp³-hybridized carbons (Fsp3) is 0.357. The van der Waals surface area contributed by atoms with Crippen LogP contribution < -0.4 is 0 Å². The Morgan fingerprint density at radius 3 is 2.35 bits per heavy atom. The Bertz CT molecular complexity index is 448. The van der Waals surface area contributed by atoms with Gasteiger partial charge in [0.25, 0.3) is 0 Å². The van der Waals surface area contributed by atoms with E-state index in [0.717, 1.165) is 10.4 Å². The van der Waals surface area contributed by atoms with E-state index in [4.69, 9.17) is 0 Å². The molecule has 1 heterocycles. The summed E-state index contributed by atoms with van der Waals surface area (Å²) >= 11 is 1.58. The van der Waals surface area contributed by atoms with Gasteiger partial charge in [-0.05, 0) is 17.0 Å². The largest absolute Gasteiger partial charge is 0.388 e. The summed E-state index contributed by atoms with van der Waals surface area (Å²) < 4.78 is 0. The molecule has 0 fully saturated rings. The molecule has 90 valence electrons. The molecule has 2 nitrogen and oxygen atoms in total. The first-order valence-corrected chi connectivity index (χ1v) is 6.70. The van der Waals surface area contributed by atoms with Crippen LogP contribution in [0.1, 0.15) is 41.9 Å². The van der Waals surface area contributed by atoms with E-state index in [1.807, 2.05) is 18.3 Å². The Hall–Kier alpha value is -1.19. The molecule has 3 heteroatoms. The van der Waals surface area contributed by atoms with E-state index in [0.29, 0.717) is 12.3 Å². The summed E-state index contributed by atoms with van der Waals surface area (Å²) in [6.07, 6.45) is 2.03. The summed E-state index contributed by atoms with van der Waals surface area (Å²) in [6, 6.07) is 8.22. The zero-order valence-corrected chi connectivity index (χ0v) is 10.9. The van der Waals surface area contributed by atoms with Gasteiger partial charge < -0.3 is 5.11 Å². The van der Waals surface area contributed by atoms with Crippen molar-refractivity contribution in [2.24, 2.45) is 0 Å². The van der Waals surface area contributed by atoms with Gasteiger partial charge in [-0.15, -0.1) is 11.3 Å². The van der Waals surface area contributed by atoms with Gasteiger partial charge in [0, 0.05) is 17.5 Å². The second-order valence-electron chi connectivity index (χ2n) is 4.51. The number of hydrogen-bond donors (Lipinski definition) is 1. The summed E-state index contributed by atoms with van der Waals surface area (Å²) in [5.74, 6) is 0.530. The standard InChI is InChI=1S/C14H17NOS/c1-10(2)11-3-5-12(6-4-11)14(16)7-13-8-15-9-17-13/h3-6,8-10,14,16H,7H2,1-2H3. The minimum atomic E-state index is -0.434. The fourth-order valence-corrected chi connectivity index (χ4v) is 2.39. The summed E-state index contributed by atoms with van der Waals surface area (Å²) in [6.45, 7) is 4.34. The SMILES string of the molecule is CC(C)c1ccc(C(O)Cc2cncs2)cc1. The molecule has 1 aromatic carbocycles. The molecule has 1 unspecified atom stereocenters. The van der Waals surface area contributed by atoms with Crippen LogP contribution in [0, 0.1) is 0 Å². The zero-order chi connectivity index (χ0) is 12.3. The number of nitrogens with zero attached hydrogens (tertiary/aromatic N) is 1. The third-order valence-electron chi connectivity index (χ3n) is 2.87. The lowest BCUT2D eigenvalue weighted by Crippen LogP contribution is -2.01. The molecular weight excluding hydrogens is 230 g/mol. The second-order valence-corrected chi connectivity index (χ2v) is 5.48. The highest BCUT2D eigenvalue weighted by Crippen LogP contribution is 2.22. The van der Waals surface area contributed by atoms with Gasteiger partial charge in [-0.2, -0.15) is 0 Å². The number of benzene rings is 1. The minimum absolute atomic E-state index is 0.434. The van der Waals surface area contributed by atoms with E-state index >= 15 is 0 Å². The number of aliphatic hydroxyl groups excluding tert-OH is 1. The fourth-order valence-electron chi connectivity index (χ4n) is 1.75. The molecule has 0 bridgehead atoms. The first-order chi connectivity index (χ1) is 8.16. The van der Waals surface area contributed by atoms with Crippen LogP contribution in [0.25, 0.3) is 0 Å². The molecule has 0 aliphatic heterocycles. The maximum Gasteiger partial charge on any atom is 0.0838 e. The summed E-state index contributed by atoms with van der Waals surface area (Å²) in [5, 5.41) is 10.1. The van der Waals surface area contributed by atoms with Crippen LogP contribution in [0.5, 0.6) is 0 Å². The van der Waals surface area contributed by atoms with Crippen molar-refractivity contribution < 1.29 is 5.11 Å². The lowest BCUT2D eigenvalue weighted by molar-refractivity contribution is 0.179. The number of aliphatic hydroxyl groups is 1. The van der Waals surface area contributed by atoms with E-state index in [1.54, 1.807) is 16.8 Å². The number of rotatable bonds is 4. The van der Waals surface area contributed by atoms with E-state index in [1.165, 1.54) is 5.56 Å². The average Bonchev–Trinajstić information content (AvgIpc) is 2.82. The Morgan fingerprint density at radius 2 is 1.82 bits per heavy atom. The van der Waals surface area contributed by atoms with Gasteiger partial charge in [-0.3, -0.25) is 4.98 Å². The van der Waals surface area contributed by atoms with E-state index in [2.05, 4.69) is 31.0 Å². The molecule has 0 saturated heterocycles. The second kappa shape index (κ2) is 5.43. The molecule has 1 aromatic heterocycles. The van der Waals surface area contributed by atoms with Crippen molar-refractivity contribution in [1.29, 1.82) is 0 Å². The normalized spacial score (nSPS) is 12.9.